The summed E-state index contributed by atoms with van der Waals surface area (Å²) in [6.07, 6.45) is -0.903. The highest BCUT2D eigenvalue weighted by molar-refractivity contribution is 7.89. The molecule has 0 aliphatic carbocycles. The lowest BCUT2D eigenvalue weighted by molar-refractivity contribution is -0.127. The van der Waals surface area contributed by atoms with Crippen molar-refractivity contribution in [2.45, 2.75) is 17.9 Å². The minimum absolute atomic E-state index is 0.00305. The van der Waals surface area contributed by atoms with Crippen molar-refractivity contribution in [1.29, 1.82) is 0 Å². The maximum atomic E-state index is 12.3. The van der Waals surface area contributed by atoms with Gasteiger partial charge in [-0.1, -0.05) is 30.3 Å². The minimum atomic E-state index is -3.91. The van der Waals surface area contributed by atoms with E-state index in [0.29, 0.717) is 11.5 Å². The molecule has 0 heterocycles. The van der Waals surface area contributed by atoms with E-state index in [4.69, 9.17) is 9.47 Å². The Morgan fingerprint density at radius 2 is 1.57 bits per heavy atom. The number of nitrogens with one attached hydrogen (secondary N) is 2. The van der Waals surface area contributed by atoms with Crippen LogP contribution in [0.4, 0.5) is 0 Å². The molecule has 28 heavy (non-hydrogen) atoms. The number of carbonyl (C=O) groups excluding carboxylic acids is 1. The molecule has 0 aliphatic heterocycles. The Kier molecular flexibility index (Phi) is 5.81. The molecule has 8 heteroatoms. The number of benzene rings is 3. The summed E-state index contributed by atoms with van der Waals surface area (Å²) in [5.41, 5.74) is 2.17. The average Bonchev–Trinajstić information content (AvgIpc) is 2.72. The monoisotopic (exact) mass is 400 g/mol. The lowest BCUT2D eigenvalue weighted by atomic mass is 10.1. The molecular weight excluding hydrogens is 380 g/mol. The second-order valence-electron chi connectivity index (χ2n) is 6.04. The zero-order valence-corrected chi connectivity index (χ0v) is 16.2. The smallest absolute Gasteiger partial charge is 0.275 e. The van der Waals surface area contributed by atoms with Crippen LogP contribution >= 0.6 is 0 Å². The van der Waals surface area contributed by atoms with Crippen molar-refractivity contribution in [2.75, 3.05) is 7.11 Å². The second-order valence-corrected chi connectivity index (χ2v) is 7.72. The summed E-state index contributed by atoms with van der Waals surface area (Å²) < 4.78 is 35.1. The molecular formula is C20H20N2O5S. The zero-order valence-electron chi connectivity index (χ0n) is 15.4. The van der Waals surface area contributed by atoms with Gasteiger partial charge in [0.1, 0.15) is 11.5 Å². The quantitative estimate of drug-likeness (QED) is 0.595. The van der Waals surface area contributed by atoms with Crippen LogP contribution in [-0.4, -0.2) is 27.5 Å². The molecule has 0 unspecified atom stereocenters. The van der Waals surface area contributed by atoms with E-state index in [-0.39, 0.29) is 4.90 Å². The van der Waals surface area contributed by atoms with Gasteiger partial charge in [-0.3, -0.25) is 10.2 Å². The number of hydrogen-bond acceptors (Lipinski definition) is 5. The van der Waals surface area contributed by atoms with Crippen molar-refractivity contribution >= 4 is 26.7 Å². The van der Waals surface area contributed by atoms with Gasteiger partial charge >= 0.3 is 0 Å². The number of ether oxygens (including phenoxy) is 2. The fraction of sp³-hybridized carbons (Fsp3) is 0.150. The van der Waals surface area contributed by atoms with Gasteiger partial charge in [0.25, 0.3) is 15.9 Å². The van der Waals surface area contributed by atoms with Crippen LogP contribution in [0.3, 0.4) is 0 Å². The highest BCUT2D eigenvalue weighted by Crippen LogP contribution is 2.21. The number of fused-ring (bicyclic) bond motifs is 1. The standard InChI is InChI=1S/C20H20N2O5S/c1-14(27-18-8-7-15-5-3-4-6-16(15)13-18)20(23)21-22-28(24,25)19-11-9-17(26-2)10-12-19/h3-14,22H,1-2H3,(H,21,23)/t14-/m0/s1. The Morgan fingerprint density at radius 1 is 0.929 bits per heavy atom. The molecule has 1 amide bonds. The zero-order chi connectivity index (χ0) is 20.1. The Bertz CT molecular complexity index is 1080. The van der Waals surface area contributed by atoms with E-state index < -0.39 is 22.0 Å². The fourth-order valence-corrected chi connectivity index (χ4v) is 3.38. The van der Waals surface area contributed by atoms with Crippen molar-refractivity contribution < 1.29 is 22.7 Å². The van der Waals surface area contributed by atoms with Crippen molar-refractivity contribution in [3.8, 4) is 11.5 Å². The Labute approximate surface area is 163 Å². The first-order valence-corrected chi connectivity index (χ1v) is 9.98. The van der Waals surface area contributed by atoms with Crippen LogP contribution in [0, 0.1) is 0 Å². The summed E-state index contributed by atoms with van der Waals surface area (Å²) in [6.45, 7) is 1.53. The van der Waals surface area contributed by atoms with Gasteiger partial charge in [0.2, 0.25) is 0 Å². The summed E-state index contributed by atoms with van der Waals surface area (Å²) in [4.78, 5) is 14.3. The van der Waals surface area contributed by atoms with E-state index in [0.717, 1.165) is 10.8 Å². The van der Waals surface area contributed by atoms with Crippen LogP contribution in [0.15, 0.2) is 71.6 Å². The van der Waals surface area contributed by atoms with E-state index in [2.05, 4.69) is 10.3 Å². The Morgan fingerprint density at radius 3 is 2.25 bits per heavy atom. The number of carbonyl (C=O) groups is 1. The van der Waals surface area contributed by atoms with Crippen LogP contribution in [-0.2, 0) is 14.8 Å². The van der Waals surface area contributed by atoms with Gasteiger partial charge in [0, 0.05) is 0 Å². The predicted molar refractivity (Wildman–Crippen MR) is 105 cm³/mol. The molecule has 7 nitrogen and oxygen atoms in total. The van der Waals surface area contributed by atoms with E-state index >= 15 is 0 Å². The largest absolute Gasteiger partial charge is 0.497 e. The number of hydrazine groups is 1. The van der Waals surface area contributed by atoms with Gasteiger partial charge in [-0.15, -0.1) is 4.83 Å². The SMILES string of the molecule is COc1ccc(S(=O)(=O)NNC(=O)[C@H](C)Oc2ccc3ccccc3c2)cc1. The molecule has 2 N–H and O–H groups in total. The minimum Gasteiger partial charge on any atom is -0.497 e. The Hall–Kier alpha value is -3.10. The van der Waals surface area contributed by atoms with Crippen molar-refractivity contribution in [3.63, 3.8) is 0 Å². The molecule has 0 spiro atoms. The first-order valence-electron chi connectivity index (χ1n) is 8.50. The maximum absolute atomic E-state index is 12.3. The third-order valence-electron chi connectivity index (χ3n) is 4.08. The third kappa shape index (κ3) is 4.59. The molecule has 146 valence electrons. The van der Waals surface area contributed by atoms with E-state index in [1.54, 1.807) is 6.07 Å². The maximum Gasteiger partial charge on any atom is 0.275 e. The molecule has 0 aromatic heterocycles. The normalized spacial score (nSPS) is 12.4. The highest BCUT2D eigenvalue weighted by atomic mass is 32.2. The molecule has 0 aliphatic rings. The van der Waals surface area contributed by atoms with Crippen LogP contribution < -0.4 is 19.7 Å². The van der Waals surface area contributed by atoms with E-state index in [1.807, 2.05) is 36.4 Å². The number of rotatable bonds is 7. The van der Waals surface area contributed by atoms with Crippen LogP contribution in [0.2, 0.25) is 0 Å². The predicted octanol–water partition coefficient (Wildman–Crippen LogP) is 2.63. The molecule has 0 fully saturated rings. The number of sulfonamides is 1. The number of amides is 1. The molecule has 0 saturated carbocycles. The van der Waals surface area contributed by atoms with Gasteiger partial charge in [-0.05, 0) is 54.1 Å². The molecule has 1 atom stereocenters. The van der Waals surface area contributed by atoms with Crippen LogP contribution in [0.1, 0.15) is 6.92 Å². The van der Waals surface area contributed by atoms with E-state index in [9.17, 15) is 13.2 Å². The third-order valence-corrected chi connectivity index (χ3v) is 5.34. The summed E-state index contributed by atoms with van der Waals surface area (Å²) in [6, 6.07) is 19.0. The molecule has 3 rings (SSSR count). The molecule has 0 bridgehead atoms. The summed E-state index contributed by atoms with van der Waals surface area (Å²) in [5.74, 6) is 0.421. The summed E-state index contributed by atoms with van der Waals surface area (Å²) in [7, 11) is -2.42. The van der Waals surface area contributed by atoms with Crippen LogP contribution in [0.5, 0.6) is 11.5 Å². The molecule has 3 aromatic carbocycles. The highest BCUT2D eigenvalue weighted by Gasteiger charge is 2.19. The van der Waals surface area contributed by atoms with Crippen LogP contribution in [0.25, 0.3) is 10.8 Å². The first kappa shape index (κ1) is 19.7. The van der Waals surface area contributed by atoms with Gasteiger partial charge in [-0.2, -0.15) is 0 Å². The van der Waals surface area contributed by atoms with Crippen molar-refractivity contribution in [3.05, 3.63) is 66.7 Å². The first-order chi connectivity index (χ1) is 13.4. The van der Waals surface area contributed by atoms with Gasteiger partial charge in [0.05, 0.1) is 12.0 Å². The molecule has 0 radical (unpaired) electrons. The summed E-state index contributed by atoms with van der Waals surface area (Å²) in [5, 5.41) is 2.03. The number of methoxy groups -OCH3 is 1. The van der Waals surface area contributed by atoms with Gasteiger partial charge in [0.15, 0.2) is 6.10 Å². The van der Waals surface area contributed by atoms with Crippen molar-refractivity contribution in [2.24, 2.45) is 0 Å². The summed E-state index contributed by atoms with van der Waals surface area (Å²) >= 11 is 0. The topological polar surface area (TPSA) is 93.7 Å². The average molecular weight is 400 g/mol. The van der Waals surface area contributed by atoms with Crippen molar-refractivity contribution in [1.82, 2.24) is 10.3 Å². The Balaban J connectivity index is 1.61. The second kappa shape index (κ2) is 8.28. The fourth-order valence-electron chi connectivity index (χ4n) is 2.53. The molecule has 3 aromatic rings. The molecule has 0 saturated heterocycles. The lowest BCUT2D eigenvalue weighted by Gasteiger charge is -2.16. The lowest BCUT2D eigenvalue weighted by Crippen LogP contribution is -2.47. The number of hydrogen-bond donors (Lipinski definition) is 2. The van der Waals surface area contributed by atoms with Gasteiger partial charge in [-0.25, -0.2) is 8.42 Å². The van der Waals surface area contributed by atoms with E-state index in [1.165, 1.54) is 38.3 Å². The van der Waals surface area contributed by atoms with Gasteiger partial charge < -0.3 is 9.47 Å².